The zero-order valence-corrected chi connectivity index (χ0v) is 14.9. The third-order valence-electron chi connectivity index (χ3n) is 3.17. The summed E-state index contributed by atoms with van der Waals surface area (Å²) in [7, 11) is 0. The Morgan fingerprint density at radius 3 is 2.45 bits per heavy atom. The van der Waals surface area contributed by atoms with Crippen molar-refractivity contribution >= 4 is 46.4 Å². The van der Waals surface area contributed by atoms with Gasteiger partial charge >= 0.3 is 0 Å². The standard InChI is InChI=1S/C15H12Cl4N2O/c1-3-22-8(2)21-14(10(7-20)13(18)15(21)19)9-4-5-11(16)12(17)6-9/h4-6,8H,3H2,1-2H3. The van der Waals surface area contributed by atoms with Gasteiger partial charge in [0.2, 0.25) is 0 Å². The van der Waals surface area contributed by atoms with Crippen molar-refractivity contribution in [3.05, 3.63) is 44.0 Å². The van der Waals surface area contributed by atoms with Gasteiger partial charge in [-0.3, -0.25) is 0 Å². The van der Waals surface area contributed by atoms with Crippen LogP contribution in [0.5, 0.6) is 0 Å². The van der Waals surface area contributed by atoms with E-state index in [1.54, 1.807) is 22.8 Å². The first kappa shape index (κ1) is 17.5. The minimum atomic E-state index is -0.387. The maximum absolute atomic E-state index is 9.43. The SMILES string of the molecule is CCOC(C)n1c(Cl)c(Cl)c(C#N)c1-c1ccc(Cl)c(Cl)c1. The van der Waals surface area contributed by atoms with Crippen LogP contribution in [0.25, 0.3) is 11.3 Å². The predicted octanol–water partition coefficient (Wildman–Crippen LogP) is 6.20. The molecular weight excluding hydrogens is 366 g/mol. The summed E-state index contributed by atoms with van der Waals surface area (Å²) >= 11 is 24.5. The zero-order chi connectivity index (χ0) is 16.4. The molecule has 0 amide bonds. The van der Waals surface area contributed by atoms with Crippen molar-refractivity contribution in [1.82, 2.24) is 4.57 Å². The molecule has 2 rings (SSSR count). The second kappa shape index (κ2) is 7.12. The van der Waals surface area contributed by atoms with Crippen LogP contribution in [0, 0.1) is 11.3 Å². The van der Waals surface area contributed by atoms with Crippen molar-refractivity contribution in [2.45, 2.75) is 20.1 Å². The molecule has 0 N–H and O–H groups in total. The van der Waals surface area contributed by atoms with E-state index in [0.29, 0.717) is 27.9 Å². The van der Waals surface area contributed by atoms with E-state index in [1.165, 1.54) is 0 Å². The Morgan fingerprint density at radius 1 is 1.23 bits per heavy atom. The summed E-state index contributed by atoms with van der Waals surface area (Å²) in [5.41, 5.74) is 1.51. The summed E-state index contributed by atoms with van der Waals surface area (Å²) in [5.74, 6) is 0. The number of hydrogen-bond donors (Lipinski definition) is 0. The first-order chi connectivity index (χ1) is 10.4. The van der Waals surface area contributed by atoms with Crippen LogP contribution >= 0.6 is 46.4 Å². The number of halogens is 4. The van der Waals surface area contributed by atoms with Crippen LogP contribution < -0.4 is 0 Å². The Labute approximate surface area is 148 Å². The smallest absolute Gasteiger partial charge is 0.132 e. The fourth-order valence-corrected chi connectivity index (χ4v) is 3.05. The summed E-state index contributed by atoms with van der Waals surface area (Å²) in [6.45, 7) is 4.20. The molecule has 0 fully saturated rings. The second-order valence-electron chi connectivity index (χ2n) is 4.49. The number of nitrogens with zero attached hydrogens (tertiary/aromatic N) is 2. The molecule has 0 aliphatic carbocycles. The van der Waals surface area contributed by atoms with E-state index in [1.807, 2.05) is 13.8 Å². The average molecular weight is 378 g/mol. The van der Waals surface area contributed by atoms with Gasteiger partial charge in [-0.1, -0.05) is 52.5 Å². The first-order valence-electron chi connectivity index (χ1n) is 6.48. The van der Waals surface area contributed by atoms with Crippen molar-refractivity contribution in [1.29, 1.82) is 5.26 Å². The lowest BCUT2D eigenvalue weighted by Gasteiger charge is -2.19. The highest BCUT2D eigenvalue weighted by Gasteiger charge is 2.25. The van der Waals surface area contributed by atoms with Gasteiger partial charge < -0.3 is 9.30 Å². The number of rotatable bonds is 4. The summed E-state index contributed by atoms with van der Waals surface area (Å²) in [6, 6.07) is 7.17. The quantitative estimate of drug-likeness (QED) is 0.636. The van der Waals surface area contributed by atoms with E-state index in [9.17, 15) is 5.26 Å². The van der Waals surface area contributed by atoms with Gasteiger partial charge in [0.15, 0.2) is 0 Å². The Morgan fingerprint density at radius 2 is 1.91 bits per heavy atom. The van der Waals surface area contributed by atoms with Crippen molar-refractivity contribution in [3.63, 3.8) is 0 Å². The second-order valence-corrected chi connectivity index (χ2v) is 6.04. The summed E-state index contributed by atoms with van der Waals surface area (Å²) < 4.78 is 7.26. The molecule has 0 radical (unpaired) electrons. The molecule has 1 heterocycles. The molecule has 0 aliphatic heterocycles. The van der Waals surface area contributed by atoms with Crippen molar-refractivity contribution in [2.75, 3.05) is 6.61 Å². The number of hydrogen-bond acceptors (Lipinski definition) is 2. The van der Waals surface area contributed by atoms with Crippen LogP contribution in [0.4, 0.5) is 0 Å². The average Bonchev–Trinajstić information content (AvgIpc) is 2.74. The first-order valence-corrected chi connectivity index (χ1v) is 7.99. The Kier molecular flexibility index (Phi) is 5.65. The van der Waals surface area contributed by atoms with Gasteiger partial charge in [0.25, 0.3) is 0 Å². The number of nitriles is 1. The van der Waals surface area contributed by atoms with E-state index in [0.717, 1.165) is 0 Å². The molecule has 0 aliphatic rings. The van der Waals surface area contributed by atoms with Gasteiger partial charge in [-0.15, -0.1) is 0 Å². The summed E-state index contributed by atoms with van der Waals surface area (Å²) in [6.07, 6.45) is -0.387. The third-order valence-corrected chi connectivity index (χ3v) is 4.74. The minimum absolute atomic E-state index is 0.191. The molecule has 1 aromatic carbocycles. The topological polar surface area (TPSA) is 38.0 Å². The predicted molar refractivity (Wildman–Crippen MR) is 91.0 cm³/mol. The Hall–Kier alpha value is -0.890. The Bertz CT molecular complexity index is 749. The highest BCUT2D eigenvalue weighted by molar-refractivity contribution is 6.43. The van der Waals surface area contributed by atoms with Crippen molar-refractivity contribution in [3.8, 4) is 17.3 Å². The molecule has 22 heavy (non-hydrogen) atoms. The molecule has 1 atom stereocenters. The van der Waals surface area contributed by atoms with Gasteiger partial charge in [-0.05, 0) is 26.0 Å². The minimum Gasteiger partial charge on any atom is -0.359 e. The van der Waals surface area contributed by atoms with E-state index in [-0.39, 0.29) is 22.0 Å². The highest BCUT2D eigenvalue weighted by atomic mass is 35.5. The molecule has 3 nitrogen and oxygen atoms in total. The molecule has 0 saturated carbocycles. The molecule has 1 unspecified atom stereocenters. The lowest BCUT2D eigenvalue weighted by molar-refractivity contribution is 0.0264. The van der Waals surface area contributed by atoms with Crippen LogP contribution in [0.2, 0.25) is 20.2 Å². The Balaban J connectivity index is 2.75. The van der Waals surface area contributed by atoms with Crippen LogP contribution in [0.15, 0.2) is 18.2 Å². The van der Waals surface area contributed by atoms with Gasteiger partial charge in [0.05, 0.1) is 26.3 Å². The van der Waals surface area contributed by atoms with E-state index in [4.69, 9.17) is 51.1 Å². The zero-order valence-electron chi connectivity index (χ0n) is 11.8. The fourth-order valence-electron chi connectivity index (χ4n) is 2.22. The highest BCUT2D eigenvalue weighted by Crippen LogP contribution is 2.41. The van der Waals surface area contributed by atoms with Crippen molar-refractivity contribution in [2.24, 2.45) is 0 Å². The molecule has 116 valence electrons. The maximum atomic E-state index is 9.43. The lowest BCUT2D eigenvalue weighted by Crippen LogP contribution is -2.11. The van der Waals surface area contributed by atoms with Gasteiger partial charge in [0.1, 0.15) is 17.5 Å². The molecule has 0 bridgehead atoms. The molecule has 0 spiro atoms. The largest absolute Gasteiger partial charge is 0.359 e. The lowest BCUT2D eigenvalue weighted by atomic mass is 10.1. The number of ether oxygens (including phenoxy) is 1. The molecule has 2 aromatic rings. The maximum Gasteiger partial charge on any atom is 0.132 e. The monoisotopic (exact) mass is 376 g/mol. The third kappa shape index (κ3) is 3.08. The van der Waals surface area contributed by atoms with Gasteiger partial charge in [0, 0.05) is 12.2 Å². The fraction of sp³-hybridized carbons (Fsp3) is 0.267. The van der Waals surface area contributed by atoms with Crippen molar-refractivity contribution < 1.29 is 4.74 Å². The van der Waals surface area contributed by atoms with E-state index < -0.39 is 0 Å². The van der Waals surface area contributed by atoms with Gasteiger partial charge in [-0.2, -0.15) is 5.26 Å². The van der Waals surface area contributed by atoms with Gasteiger partial charge in [-0.25, -0.2) is 0 Å². The van der Waals surface area contributed by atoms with Crippen LogP contribution in [-0.4, -0.2) is 11.2 Å². The molecular formula is C15H12Cl4N2O. The normalized spacial score (nSPS) is 12.2. The van der Waals surface area contributed by atoms with Crippen LogP contribution in [0.1, 0.15) is 25.6 Å². The van der Waals surface area contributed by atoms with E-state index in [2.05, 4.69) is 6.07 Å². The number of benzene rings is 1. The molecule has 1 aromatic heterocycles. The van der Waals surface area contributed by atoms with E-state index >= 15 is 0 Å². The summed E-state index contributed by atoms with van der Waals surface area (Å²) in [5, 5.41) is 10.7. The number of aromatic nitrogens is 1. The molecule has 7 heteroatoms. The van der Waals surface area contributed by atoms with Crippen LogP contribution in [-0.2, 0) is 4.74 Å². The molecule has 0 saturated heterocycles. The summed E-state index contributed by atoms with van der Waals surface area (Å²) in [4.78, 5) is 0. The van der Waals surface area contributed by atoms with Crippen LogP contribution in [0.3, 0.4) is 0 Å².